The minimum atomic E-state index is -3.52. The predicted molar refractivity (Wildman–Crippen MR) is 110 cm³/mol. The molecular formula is C21H31N4O3S+. The van der Waals surface area contributed by atoms with E-state index in [9.17, 15) is 18.5 Å². The summed E-state index contributed by atoms with van der Waals surface area (Å²) in [6.07, 6.45) is 1.96. The number of benzene rings is 1. The van der Waals surface area contributed by atoms with Gasteiger partial charge in [0.2, 0.25) is 10.0 Å². The molecule has 0 aromatic heterocycles. The zero-order valence-electron chi connectivity index (χ0n) is 17.4. The quantitative estimate of drug-likeness (QED) is 0.673. The van der Waals surface area contributed by atoms with Gasteiger partial charge in [0.25, 0.3) is 5.91 Å². The van der Waals surface area contributed by atoms with Crippen LogP contribution in [0.1, 0.15) is 45.1 Å². The number of rotatable bonds is 7. The SMILES string of the molecule is CC(C)c1ccc(S(=O)(=O)N2CC[NH+](CC(=O)N[C@@](C)(C#N)C3CC3)CC2)cc1. The van der Waals surface area contributed by atoms with Crippen LogP contribution in [0.4, 0.5) is 0 Å². The largest absolute Gasteiger partial charge is 0.333 e. The minimum Gasteiger partial charge on any atom is -0.333 e. The summed E-state index contributed by atoms with van der Waals surface area (Å²) in [5.74, 6) is 0.458. The fraction of sp³-hybridized carbons (Fsp3) is 0.619. The number of carbonyl (C=O) groups excluding carboxylic acids is 1. The average Bonchev–Trinajstić information content (AvgIpc) is 3.54. The Hall–Kier alpha value is -1.95. The Morgan fingerprint density at radius 2 is 1.86 bits per heavy atom. The molecule has 1 aromatic carbocycles. The summed E-state index contributed by atoms with van der Waals surface area (Å²) in [6, 6.07) is 9.33. The van der Waals surface area contributed by atoms with E-state index in [1.165, 1.54) is 4.31 Å². The molecule has 0 unspecified atom stereocenters. The molecule has 2 fully saturated rings. The highest BCUT2D eigenvalue weighted by Crippen LogP contribution is 2.39. The lowest BCUT2D eigenvalue weighted by molar-refractivity contribution is -0.895. The second-order valence-corrected chi connectivity index (χ2v) is 10.6. The van der Waals surface area contributed by atoms with E-state index in [0.29, 0.717) is 37.0 Å². The third kappa shape index (κ3) is 4.97. The van der Waals surface area contributed by atoms with Crippen molar-refractivity contribution in [1.82, 2.24) is 9.62 Å². The molecule has 1 amide bonds. The number of sulfonamides is 1. The maximum Gasteiger partial charge on any atom is 0.276 e. The highest BCUT2D eigenvalue weighted by atomic mass is 32.2. The number of nitrogens with zero attached hydrogens (tertiary/aromatic N) is 2. The number of piperazine rings is 1. The van der Waals surface area contributed by atoms with Gasteiger partial charge in [-0.2, -0.15) is 9.57 Å². The van der Waals surface area contributed by atoms with Crippen LogP contribution in [0.3, 0.4) is 0 Å². The van der Waals surface area contributed by atoms with Crippen molar-refractivity contribution in [2.75, 3.05) is 32.7 Å². The Bertz CT molecular complexity index is 879. The van der Waals surface area contributed by atoms with Gasteiger partial charge < -0.3 is 10.2 Å². The summed E-state index contributed by atoms with van der Waals surface area (Å²) in [5, 5.41) is 12.3. The van der Waals surface area contributed by atoms with E-state index in [4.69, 9.17) is 0 Å². The van der Waals surface area contributed by atoms with Gasteiger partial charge in [-0.05, 0) is 49.3 Å². The van der Waals surface area contributed by atoms with Crippen molar-refractivity contribution in [2.45, 2.75) is 50.0 Å². The monoisotopic (exact) mass is 419 g/mol. The van der Waals surface area contributed by atoms with Gasteiger partial charge in [-0.3, -0.25) is 4.79 Å². The molecule has 1 saturated heterocycles. The lowest BCUT2D eigenvalue weighted by Gasteiger charge is -2.32. The fourth-order valence-electron chi connectivity index (χ4n) is 3.84. The Morgan fingerprint density at radius 3 is 2.34 bits per heavy atom. The molecule has 1 saturated carbocycles. The van der Waals surface area contributed by atoms with Gasteiger partial charge in [0, 0.05) is 0 Å². The molecule has 1 atom stereocenters. The summed E-state index contributed by atoms with van der Waals surface area (Å²) < 4.78 is 27.3. The predicted octanol–water partition coefficient (Wildman–Crippen LogP) is 0.508. The average molecular weight is 420 g/mol. The van der Waals surface area contributed by atoms with Gasteiger partial charge in [0.1, 0.15) is 5.54 Å². The van der Waals surface area contributed by atoms with Crippen molar-refractivity contribution in [1.29, 1.82) is 5.26 Å². The smallest absolute Gasteiger partial charge is 0.276 e. The Labute approximate surface area is 173 Å². The standard InChI is InChI=1S/C21H30N4O3S/c1-16(2)17-4-8-19(9-5-17)29(27,28)25-12-10-24(11-13-25)14-20(26)23-21(3,15-22)18-6-7-18/h4-5,8-9,16,18H,6-7,10-14H2,1-3H3,(H,23,26)/p+1/t21-/m0/s1. The molecule has 8 heteroatoms. The van der Waals surface area contributed by atoms with E-state index in [1.807, 2.05) is 12.1 Å². The summed E-state index contributed by atoms with van der Waals surface area (Å²) in [5.41, 5.74) is 0.323. The molecule has 2 N–H and O–H groups in total. The highest BCUT2D eigenvalue weighted by Gasteiger charge is 2.43. The van der Waals surface area contributed by atoms with Gasteiger partial charge in [-0.25, -0.2) is 8.42 Å². The van der Waals surface area contributed by atoms with Crippen LogP contribution in [-0.2, 0) is 14.8 Å². The van der Waals surface area contributed by atoms with Gasteiger partial charge in [0.15, 0.2) is 6.54 Å². The zero-order chi connectivity index (χ0) is 21.2. The number of nitriles is 1. The number of carbonyl (C=O) groups is 1. The van der Waals surface area contributed by atoms with Crippen molar-refractivity contribution in [3.63, 3.8) is 0 Å². The van der Waals surface area contributed by atoms with Gasteiger partial charge in [-0.15, -0.1) is 0 Å². The normalized spacial score (nSPS) is 20.8. The third-order valence-electron chi connectivity index (χ3n) is 6.05. The van der Waals surface area contributed by atoms with Crippen LogP contribution in [0.5, 0.6) is 0 Å². The molecule has 3 rings (SSSR count). The van der Waals surface area contributed by atoms with E-state index in [-0.39, 0.29) is 18.4 Å². The molecule has 7 nitrogen and oxygen atoms in total. The third-order valence-corrected chi connectivity index (χ3v) is 7.96. The number of quaternary nitrogens is 1. The number of hydrogen-bond donors (Lipinski definition) is 2. The second-order valence-electron chi connectivity index (χ2n) is 8.69. The topological polar surface area (TPSA) is 94.7 Å². The molecule has 1 aliphatic carbocycles. The van der Waals surface area contributed by atoms with Gasteiger partial charge in [-0.1, -0.05) is 26.0 Å². The molecule has 0 bridgehead atoms. The lowest BCUT2D eigenvalue weighted by atomic mass is 9.98. The minimum absolute atomic E-state index is 0.142. The Kier molecular flexibility index (Phi) is 6.32. The summed E-state index contributed by atoms with van der Waals surface area (Å²) in [6.45, 7) is 8.11. The van der Waals surface area contributed by atoms with E-state index in [0.717, 1.165) is 23.3 Å². The van der Waals surface area contributed by atoms with E-state index < -0.39 is 15.6 Å². The maximum atomic E-state index is 12.9. The fourth-order valence-corrected chi connectivity index (χ4v) is 5.28. The van der Waals surface area contributed by atoms with Crippen LogP contribution in [0, 0.1) is 17.2 Å². The van der Waals surface area contributed by atoms with Crippen molar-refractivity contribution in [3.05, 3.63) is 29.8 Å². The number of nitrogens with one attached hydrogen (secondary N) is 2. The molecule has 1 heterocycles. The molecule has 0 spiro atoms. The number of hydrogen-bond acceptors (Lipinski definition) is 4. The number of amides is 1. The van der Waals surface area contributed by atoms with Gasteiger partial charge >= 0.3 is 0 Å². The van der Waals surface area contributed by atoms with Crippen molar-refractivity contribution in [3.8, 4) is 6.07 Å². The van der Waals surface area contributed by atoms with Crippen molar-refractivity contribution in [2.24, 2.45) is 5.92 Å². The van der Waals surface area contributed by atoms with Crippen molar-refractivity contribution < 1.29 is 18.1 Å². The van der Waals surface area contributed by atoms with E-state index >= 15 is 0 Å². The highest BCUT2D eigenvalue weighted by molar-refractivity contribution is 7.89. The van der Waals surface area contributed by atoms with Crippen LogP contribution in [0.25, 0.3) is 0 Å². The molecule has 158 valence electrons. The molecule has 2 aliphatic rings. The van der Waals surface area contributed by atoms with Crippen LogP contribution in [0.15, 0.2) is 29.2 Å². The Morgan fingerprint density at radius 1 is 1.28 bits per heavy atom. The molecule has 29 heavy (non-hydrogen) atoms. The Balaban J connectivity index is 1.54. The van der Waals surface area contributed by atoms with Crippen molar-refractivity contribution >= 4 is 15.9 Å². The van der Waals surface area contributed by atoms with Crippen LogP contribution in [0.2, 0.25) is 0 Å². The molecule has 0 radical (unpaired) electrons. The van der Waals surface area contributed by atoms with Crippen LogP contribution >= 0.6 is 0 Å². The van der Waals surface area contributed by atoms with Gasteiger partial charge in [0.05, 0.1) is 37.1 Å². The van der Waals surface area contributed by atoms with E-state index in [1.54, 1.807) is 19.1 Å². The maximum absolute atomic E-state index is 12.9. The summed E-state index contributed by atoms with van der Waals surface area (Å²) in [7, 11) is -3.52. The first-order valence-electron chi connectivity index (χ1n) is 10.3. The first-order chi connectivity index (χ1) is 13.7. The first kappa shape index (κ1) is 21.8. The molecule has 1 aliphatic heterocycles. The lowest BCUT2D eigenvalue weighted by Crippen LogP contribution is -3.16. The molecular weight excluding hydrogens is 388 g/mol. The zero-order valence-corrected chi connectivity index (χ0v) is 18.3. The second kappa shape index (κ2) is 8.42. The summed E-state index contributed by atoms with van der Waals surface area (Å²) >= 11 is 0. The van der Waals surface area contributed by atoms with Crippen LogP contribution < -0.4 is 10.2 Å². The first-order valence-corrected chi connectivity index (χ1v) is 11.8. The van der Waals surface area contributed by atoms with E-state index in [2.05, 4.69) is 25.2 Å². The van der Waals surface area contributed by atoms with Crippen LogP contribution in [-0.4, -0.2) is 56.9 Å². The summed E-state index contributed by atoms with van der Waals surface area (Å²) in [4.78, 5) is 13.7. The molecule has 1 aromatic rings.